The molecule has 0 fully saturated rings. The minimum atomic E-state index is -5.33. The van der Waals surface area contributed by atoms with Crippen molar-refractivity contribution in [1.82, 2.24) is 10.2 Å². The van der Waals surface area contributed by atoms with Crippen LogP contribution in [0.2, 0.25) is 0 Å². The van der Waals surface area contributed by atoms with Gasteiger partial charge in [-0.05, 0) is 11.6 Å². The van der Waals surface area contributed by atoms with Gasteiger partial charge in [-0.1, -0.05) is 30.3 Å². The highest BCUT2D eigenvalue weighted by atomic mass is 19.4. The molecule has 2 atom stereocenters. The van der Waals surface area contributed by atoms with E-state index in [1.807, 2.05) is 0 Å². The number of alkyl halides is 8. The zero-order valence-corrected chi connectivity index (χ0v) is 11.5. The van der Waals surface area contributed by atoms with E-state index in [9.17, 15) is 35.1 Å². The Kier molecular flexibility index (Phi) is 4.77. The van der Waals surface area contributed by atoms with Crippen molar-refractivity contribution >= 4 is 0 Å². The Morgan fingerprint density at radius 1 is 0.750 bits per heavy atom. The lowest BCUT2D eigenvalue weighted by atomic mass is 10.0. The fourth-order valence-corrected chi connectivity index (χ4v) is 1.90. The molecule has 2 rings (SSSR count). The summed E-state index contributed by atoms with van der Waals surface area (Å²) in [6, 6.07) is 7.12. The summed E-state index contributed by atoms with van der Waals surface area (Å²) in [5, 5.41) is 5.65. The van der Waals surface area contributed by atoms with Gasteiger partial charge in [-0.25, -0.2) is 8.78 Å². The number of rotatable bonds is 3. The van der Waals surface area contributed by atoms with E-state index in [-0.39, 0.29) is 5.56 Å². The summed E-state index contributed by atoms with van der Waals surface area (Å²) in [5.41, 5.74) is -3.14. The number of benzene rings is 1. The van der Waals surface area contributed by atoms with E-state index in [2.05, 4.69) is 10.2 Å². The van der Waals surface area contributed by atoms with Crippen molar-refractivity contribution < 1.29 is 35.1 Å². The fraction of sp³-hybridized carbons (Fsp3) is 0.286. The van der Waals surface area contributed by atoms with Crippen LogP contribution in [0.1, 0.15) is 23.7 Å². The molecule has 130 valence electrons. The minimum absolute atomic E-state index is 0.0510. The lowest BCUT2D eigenvalue weighted by Crippen LogP contribution is -2.22. The van der Waals surface area contributed by atoms with E-state index in [4.69, 9.17) is 0 Å². The SMILES string of the molecule is FC(c1cc(-c2ccccc2)c(C(F)C(F)(F)F)nn1)C(F)(F)F. The average Bonchev–Trinajstić information content (AvgIpc) is 2.52. The maximum absolute atomic E-state index is 13.6. The monoisotopic (exact) mass is 356 g/mol. The fourth-order valence-electron chi connectivity index (χ4n) is 1.90. The van der Waals surface area contributed by atoms with E-state index < -0.39 is 41.6 Å². The summed E-state index contributed by atoms with van der Waals surface area (Å²) in [6.07, 6.45) is -17.8. The van der Waals surface area contributed by atoms with Crippen molar-refractivity contribution in [2.45, 2.75) is 24.7 Å². The molecule has 2 nitrogen and oxygen atoms in total. The lowest BCUT2D eigenvalue weighted by Gasteiger charge is -2.17. The number of hydrogen-bond acceptors (Lipinski definition) is 2. The first-order valence-corrected chi connectivity index (χ1v) is 6.36. The molecule has 0 saturated carbocycles. The van der Waals surface area contributed by atoms with Crippen LogP contribution in [0.15, 0.2) is 36.4 Å². The van der Waals surface area contributed by atoms with Gasteiger partial charge in [-0.2, -0.15) is 36.5 Å². The quantitative estimate of drug-likeness (QED) is 0.699. The molecule has 1 aromatic carbocycles. The standard InChI is InChI=1S/C14H8F8N2/c15-11(13(17,18)19)9-6-8(7-4-2-1-3-5-7)10(24-23-9)12(16)14(20,21)22/h1-6,11-12H. The smallest absolute Gasteiger partial charge is 0.230 e. The summed E-state index contributed by atoms with van der Waals surface area (Å²) in [7, 11) is 0. The van der Waals surface area contributed by atoms with Gasteiger partial charge < -0.3 is 0 Å². The molecule has 0 aliphatic heterocycles. The van der Waals surface area contributed by atoms with Gasteiger partial charge in [0.05, 0.1) is 0 Å². The van der Waals surface area contributed by atoms with E-state index in [1.165, 1.54) is 30.3 Å². The molecule has 0 aliphatic rings. The second-order valence-electron chi connectivity index (χ2n) is 4.74. The summed E-state index contributed by atoms with van der Waals surface area (Å²) >= 11 is 0. The summed E-state index contributed by atoms with van der Waals surface area (Å²) < 4.78 is 102. The molecule has 0 bridgehead atoms. The number of hydrogen-bond donors (Lipinski definition) is 0. The molecular formula is C14H8F8N2. The van der Waals surface area contributed by atoms with Crippen LogP contribution in [-0.2, 0) is 0 Å². The van der Waals surface area contributed by atoms with Crippen LogP contribution in [0.25, 0.3) is 11.1 Å². The molecule has 0 N–H and O–H groups in total. The first-order valence-electron chi connectivity index (χ1n) is 6.36. The van der Waals surface area contributed by atoms with Crippen LogP contribution < -0.4 is 0 Å². The highest BCUT2D eigenvalue weighted by Gasteiger charge is 2.46. The van der Waals surface area contributed by atoms with Crippen molar-refractivity contribution in [1.29, 1.82) is 0 Å². The highest BCUT2D eigenvalue weighted by Crippen LogP contribution is 2.41. The van der Waals surface area contributed by atoms with Gasteiger partial charge in [0.2, 0.25) is 12.3 Å². The molecule has 10 heteroatoms. The third-order valence-electron chi connectivity index (χ3n) is 3.00. The van der Waals surface area contributed by atoms with Crippen LogP contribution in [0, 0.1) is 0 Å². The van der Waals surface area contributed by atoms with Crippen LogP contribution in [0.5, 0.6) is 0 Å². The average molecular weight is 356 g/mol. The Morgan fingerprint density at radius 2 is 1.29 bits per heavy atom. The van der Waals surface area contributed by atoms with Gasteiger partial charge in [0.15, 0.2) is 0 Å². The molecule has 2 unspecified atom stereocenters. The largest absolute Gasteiger partial charge is 0.425 e. The van der Waals surface area contributed by atoms with Gasteiger partial charge in [-0.15, -0.1) is 0 Å². The highest BCUT2D eigenvalue weighted by molar-refractivity contribution is 5.66. The maximum atomic E-state index is 13.6. The van der Waals surface area contributed by atoms with Gasteiger partial charge in [0, 0.05) is 5.56 Å². The van der Waals surface area contributed by atoms with Crippen molar-refractivity contribution in [3.63, 3.8) is 0 Å². The van der Waals surface area contributed by atoms with Crippen LogP contribution in [0.4, 0.5) is 35.1 Å². The molecule has 1 aromatic heterocycles. The number of nitrogens with zero attached hydrogens (tertiary/aromatic N) is 2. The molecule has 0 aliphatic carbocycles. The third kappa shape index (κ3) is 3.80. The minimum Gasteiger partial charge on any atom is -0.230 e. The Hall–Kier alpha value is -2.26. The molecule has 2 aromatic rings. The predicted molar refractivity (Wildman–Crippen MR) is 67.3 cm³/mol. The molecular weight excluding hydrogens is 348 g/mol. The van der Waals surface area contributed by atoms with Crippen molar-refractivity contribution in [2.24, 2.45) is 0 Å². The molecule has 0 saturated heterocycles. The summed E-state index contributed by atoms with van der Waals surface area (Å²) in [5.74, 6) is 0. The second-order valence-corrected chi connectivity index (χ2v) is 4.74. The number of halogens is 8. The van der Waals surface area contributed by atoms with Crippen LogP contribution in [-0.4, -0.2) is 22.5 Å². The Morgan fingerprint density at radius 3 is 1.79 bits per heavy atom. The Balaban J connectivity index is 2.61. The second kappa shape index (κ2) is 6.33. The zero-order chi connectivity index (χ0) is 18.1. The van der Waals surface area contributed by atoms with E-state index >= 15 is 0 Å². The maximum Gasteiger partial charge on any atom is 0.425 e. The van der Waals surface area contributed by atoms with Crippen molar-refractivity contribution in [3.8, 4) is 11.1 Å². The normalized spacial score (nSPS) is 15.2. The molecule has 1 heterocycles. The summed E-state index contributed by atoms with van der Waals surface area (Å²) in [4.78, 5) is 0. The molecule has 0 amide bonds. The first kappa shape index (κ1) is 18.1. The molecule has 0 radical (unpaired) electrons. The van der Waals surface area contributed by atoms with Crippen LogP contribution >= 0.6 is 0 Å². The first-order chi connectivity index (χ1) is 11.0. The third-order valence-corrected chi connectivity index (χ3v) is 3.00. The van der Waals surface area contributed by atoms with Crippen molar-refractivity contribution in [3.05, 3.63) is 47.8 Å². The molecule has 24 heavy (non-hydrogen) atoms. The van der Waals surface area contributed by atoms with E-state index in [0.717, 1.165) is 0 Å². The van der Waals surface area contributed by atoms with Gasteiger partial charge in [0.1, 0.15) is 11.4 Å². The Labute approximate surface area is 130 Å². The van der Waals surface area contributed by atoms with Gasteiger partial charge >= 0.3 is 12.4 Å². The number of aromatic nitrogens is 2. The van der Waals surface area contributed by atoms with E-state index in [0.29, 0.717) is 6.07 Å². The summed E-state index contributed by atoms with van der Waals surface area (Å²) in [6.45, 7) is 0. The lowest BCUT2D eigenvalue weighted by molar-refractivity contribution is -0.186. The Bertz CT molecular complexity index is 696. The van der Waals surface area contributed by atoms with Gasteiger partial charge in [0.25, 0.3) is 0 Å². The van der Waals surface area contributed by atoms with E-state index in [1.54, 1.807) is 0 Å². The topological polar surface area (TPSA) is 25.8 Å². The van der Waals surface area contributed by atoms with Gasteiger partial charge in [-0.3, -0.25) is 0 Å². The predicted octanol–water partition coefficient (Wildman–Crippen LogP) is 5.29. The van der Waals surface area contributed by atoms with Crippen molar-refractivity contribution in [2.75, 3.05) is 0 Å². The molecule has 0 spiro atoms. The van der Waals surface area contributed by atoms with Crippen LogP contribution in [0.3, 0.4) is 0 Å². The zero-order valence-electron chi connectivity index (χ0n) is 11.5.